The van der Waals surface area contributed by atoms with Crippen molar-refractivity contribution in [3.63, 3.8) is 0 Å². The SMILES string of the molecule is COc1cccc(C(=O)C2CCCN2C(=O)C2CC2)c1. The summed E-state index contributed by atoms with van der Waals surface area (Å²) in [5, 5.41) is 0. The monoisotopic (exact) mass is 273 g/mol. The molecule has 2 aliphatic rings. The Morgan fingerprint density at radius 2 is 2.05 bits per heavy atom. The lowest BCUT2D eigenvalue weighted by Crippen LogP contribution is -2.41. The zero-order valence-corrected chi connectivity index (χ0v) is 11.7. The van der Waals surface area contributed by atoms with E-state index in [1.54, 1.807) is 24.1 Å². The van der Waals surface area contributed by atoms with E-state index in [0.717, 1.165) is 32.2 Å². The van der Waals surface area contributed by atoms with Crippen LogP contribution in [0.5, 0.6) is 5.75 Å². The van der Waals surface area contributed by atoms with Crippen molar-refractivity contribution in [3.05, 3.63) is 29.8 Å². The van der Waals surface area contributed by atoms with E-state index in [-0.39, 0.29) is 23.7 Å². The van der Waals surface area contributed by atoms with Crippen LogP contribution in [-0.4, -0.2) is 36.3 Å². The number of amides is 1. The highest BCUT2D eigenvalue weighted by atomic mass is 16.5. The Balaban J connectivity index is 1.79. The minimum absolute atomic E-state index is 0.0374. The van der Waals surface area contributed by atoms with Crippen LogP contribution < -0.4 is 4.74 Å². The van der Waals surface area contributed by atoms with Gasteiger partial charge in [0.25, 0.3) is 0 Å². The molecule has 0 aromatic heterocycles. The van der Waals surface area contributed by atoms with Gasteiger partial charge in [-0.3, -0.25) is 9.59 Å². The Kier molecular flexibility index (Phi) is 3.47. The normalized spacial score (nSPS) is 21.9. The first kappa shape index (κ1) is 13.2. The third kappa shape index (κ3) is 2.42. The van der Waals surface area contributed by atoms with Crippen molar-refractivity contribution in [1.82, 2.24) is 4.90 Å². The number of likely N-dealkylation sites (tertiary alicyclic amines) is 1. The van der Waals surface area contributed by atoms with Crippen molar-refractivity contribution in [1.29, 1.82) is 0 Å². The zero-order valence-electron chi connectivity index (χ0n) is 11.7. The van der Waals surface area contributed by atoms with E-state index >= 15 is 0 Å². The first-order valence-electron chi connectivity index (χ1n) is 7.19. The molecule has 3 rings (SSSR count). The van der Waals surface area contributed by atoms with Crippen molar-refractivity contribution in [2.45, 2.75) is 31.7 Å². The Morgan fingerprint density at radius 3 is 2.75 bits per heavy atom. The van der Waals surface area contributed by atoms with Crippen LogP contribution in [0.25, 0.3) is 0 Å². The molecule has 1 saturated carbocycles. The second kappa shape index (κ2) is 5.27. The molecule has 0 radical (unpaired) electrons. The molecule has 1 aliphatic carbocycles. The minimum atomic E-state index is -0.282. The van der Waals surface area contributed by atoms with Gasteiger partial charge in [-0.2, -0.15) is 0 Å². The van der Waals surface area contributed by atoms with E-state index in [0.29, 0.717) is 11.3 Å². The molecule has 2 fully saturated rings. The van der Waals surface area contributed by atoms with E-state index in [9.17, 15) is 9.59 Å². The van der Waals surface area contributed by atoms with Crippen LogP contribution in [-0.2, 0) is 4.79 Å². The molecule has 4 heteroatoms. The van der Waals surface area contributed by atoms with Gasteiger partial charge in [0, 0.05) is 18.0 Å². The van der Waals surface area contributed by atoms with Crippen LogP contribution in [0.4, 0.5) is 0 Å². The highest BCUT2D eigenvalue weighted by molar-refractivity contribution is 6.02. The largest absolute Gasteiger partial charge is 0.497 e. The summed E-state index contributed by atoms with van der Waals surface area (Å²) in [6.07, 6.45) is 3.65. The number of Topliss-reactive ketones (excluding diaryl/α,β-unsaturated/α-hetero) is 1. The van der Waals surface area contributed by atoms with Gasteiger partial charge < -0.3 is 9.64 Å². The molecule has 1 amide bonds. The quantitative estimate of drug-likeness (QED) is 0.791. The number of hydrogen-bond donors (Lipinski definition) is 0. The summed E-state index contributed by atoms with van der Waals surface area (Å²) in [6, 6.07) is 6.89. The third-order valence-electron chi connectivity index (χ3n) is 4.12. The summed E-state index contributed by atoms with van der Waals surface area (Å²) >= 11 is 0. The summed E-state index contributed by atoms with van der Waals surface area (Å²) in [7, 11) is 1.59. The summed E-state index contributed by atoms with van der Waals surface area (Å²) in [6.45, 7) is 0.718. The maximum atomic E-state index is 12.6. The minimum Gasteiger partial charge on any atom is -0.497 e. The van der Waals surface area contributed by atoms with Crippen LogP contribution >= 0.6 is 0 Å². The Labute approximate surface area is 118 Å². The van der Waals surface area contributed by atoms with Gasteiger partial charge in [-0.25, -0.2) is 0 Å². The highest BCUT2D eigenvalue weighted by Crippen LogP contribution is 2.34. The Bertz CT molecular complexity index is 536. The number of benzene rings is 1. The number of hydrogen-bond acceptors (Lipinski definition) is 3. The molecule has 1 aromatic rings. The lowest BCUT2D eigenvalue weighted by atomic mass is 10.0. The van der Waals surface area contributed by atoms with Crippen LogP contribution in [0, 0.1) is 5.92 Å². The van der Waals surface area contributed by atoms with Crippen molar-refractivity contribution in [2.24, 2.45) is 5.92 Å². The van der Waals surface area contributed by atoms with Crippen LogP contribution in [0.2, 0.25) is 0 Å². The highest BCUT2D eigenvalue weighted by Gasteiger charge is 2.40. The second-order valence-corrected chi connectivity index (χ2v) is 5.56. The second-order valence-electron chi connectivity index (χ2n) is 5.56. The van der Waals surface area contributed by atoms with Crippen LogP contribution in [0.1, 0.15) is 36.0 Å². The molecule has 0 N–H and O–H groups in total. The van der Waals surface area contributed by atoms with E-state index in [1.807, 2.05) is 12.1 Å². The standard InChI is InChI=1S/C16H19NO3/c1-20-13-5-2-4-12(10-13)15(18)14-6-3-9-17(14)16(19)11-7-8-11/h2,4-5,10-11,14H,3,6-9H2,1H3. The average molecular weight is 273 g/mol. The molecule has 1 heterocycles. The number of ether oxygens (including phenoxy) is 1. The Morgan fingerprint density at radius 1 is 1.25 bits per heavy atom. The van der Waals surface area contributed by atoms with Crippen LogP contribution in [0.15, 0.2) is 24.3 Å². The van der Waals surface area contributed by atoms with Crippen molar-refractivity contribution < 1.29 is 14.3 Å². The fourth-order valence-corrected chi connectivity index (χ4v) is 2.84. The van der Waals surface area contributed by atoms with Crippen LogP contribution in [0.3, 0.4) is 0 Å². The zero-order chi connectivity index (χ0) is 14.1. The van der Waals surface area contributed by atoms with Crippen molar-refractivity contribution >= 4 is 11.7 Å². The maximum Gasteiger partial charge on any atom is 0.226 e. The first-order chi connectivity index (χ1) is 9.70. The molecule has 0 spiro atoms. The summed E-state index contributed by atoms with van der Waals surface area (Å²) in [5.74, 6) is 1.06. The van der Waals surface area contributed by atoms with Gasteiger partial charge in [0.15, 0.2) is 5.78 Å². The van der Waals surface area contributed by atoms with Crippen molar-refractivity contribution in [2.75, 3.05) is 13.7 Å². The third-order valence-corrected chi connectivity index (χ3v) is 4.12. The number of nitrogens with zero attached hydrogens (tertiary/aromatic N) is 1. The number of carbonyl (C=O) groups excluding carboxylic acids is 2. The van der Waals surface area contributed by atoms with Gasteiger partial charge in [0.1, 0.15) is 5.75 Å². The molecule has 1 atom stereocenters. The van der Waals surface area contributed by atoms with Gasteiger partial charge in [-0.05, 0) is 37.8 Å². The predicted octanol–water partition coefficient (Wildman–Crippen LogP) is 2.28. The fraction of sp³-hybridized carbons (Fsp3) is 0.500. The van der Waals surface area contributed by atoms with E-state index in [2.05, 4.69) is 0 Å². The number of carbonyl (C=O) groups is 2. The lowest BCUT2D eigenvalue weighted by molar-refractivity contribution is -0.132. The first-order valence-corrected chi connectivity index (χ1v) is 7.19. The fourth-order valence-electron chi connectivity index (χ4n) is 2.84. The smallest absolute Gasteiger partial charge is 0.226 e. The van der Waals surface area contributed by atoms with Gasteiger partial charge in [-0.1, -0.05) is 12.1 Å². The van der Waals surface area contributed by atoms with E-state index in [4.69, 9.17) is 4.74 Å². The molecule has 20 heavy (non-hydrogen) atoms. The number of ketones is 1. The summed E-state index contributed by atoms with van der Waals surface area (Å²) < 4.78 is 5.16. The molecule has 4 nitrogen and oxygen atoms in total. The Hall–Kier alpha value is -1.84. The lowest BCUT2D eigenvalue weighted by Gasteiger charge is -2.23. The molecular weight excluding hydrogens is 254 g/mol. The molecule has 1 aliphatic heterocycles. The number of methoxy groups -OCH3 is 1. The molecular formula is C16H19NO3. The van der Waals surface area contributed by atoms with Gasteiger partial charge in [0.2, 0.25) is 5.91 Å². The average Bonchev–Trinajstić information content (AvgIpc) is 3.23. The summed E-state index contributed by atoms with van der Waals surface area (Å²) in [5.41, 5.74) is 0.629. The predicted molar refractivity (Wildman–Crippen MR) is 74.8 cm³/mol. The van der Waals surface area contributed by atoms with Gasteiger partial charge >= 0.3 is 0 Å². The maximum absolute atomic E-state index is 12.6. The molecule has 0 bridgehead atoms. The summed E-state index contributed by atoms with van der Waals surface area (Å²) in [4.78, 5) is 26.6. The molecule has 1 aromatic carbocycles. The van der Waals surface area contributed by atoms with Gasteiger partial charge in [-0.15, -0.1) is 0 Å². The van der Waals surface area contributed by atoms with Gasteiger partial charge in [0.05, 0.1) is 13.2 Å². The molecule has 1 unspecified atom stereocenters. The topological polar surface area (TPSA) is 46.6 Å². The number of rotatable bonds is 4. The van der Waals surface area contributed by atoms with E-state index in [1.165, 1.54) is 0 Å². The molecule has 1 saturated heterocycles. The van der Waals surface area contributed by atoms with Crippen molar-refractivity contribution in [3.8, 4) is 5.75 Å². The van der Waals surface area contributed by atoms with E-state index < -0.39 is 0 Å². The molecule has 106 valence electrons.